The summed E-state index contributed by atoms with van der Waals surface area (Å²) in [5.41, 5.74) is 8.15. The molecule has 4 aromatic carbocycles. The highest BCUT2D eigenvalue weighted by Crippen LogP contribution is 2.44. The third kappa shape index (κ3) is 4.29. The molecule has 0 fully saturated rings. The van der Waals surface area contributed by atoms with Gasteiger partial charge in [-0.1, -0.05) is 78.9 Å². The fraction of sp³-hybridized carbons (Fsp3) is 0. The van der Waals surface area contributed by atoms with Crippen molar-refractivity contribution in [3.8, 4) is 55.0 Å². The van der Waals surface area contributed by atoms with E-state index in [9.17, 15) is 0 Å². The van der Waals surface area contributed by atoms with E-state index in [2.05, 4.69) is 107 Å². The highest BCUT2D eigenvalue weighted by molar-refractivity contribution is 7.13. The Bertz CT molecular complexity index is 2190. The van der Waals surface area contributed by atoms with Gasteiger partial charge in [0.1, 0.15) is 10.0 Å². The summed E-state index contributed by atoms with van der Waals surface area (Å²) in [4.78, 5) is 19.3. The van der Waals surface area contributed by atoms with Gasteiger partial charge in [0.15, 0.2) is 0 Å². The van der Waals surface area contributed by atoms with Gasteiger partial charge < -0.3 is 0 Å². The first-order chi connectivity index (χ1) is 20.8. The van der Waals surface area contributed by atoms with Crippen molar-refractivity contribution < 1.29 is 0 Å². The molecule has 0 amide bonds. The Labute approximate surface area is 250 Å². The first kappa shape index (κ1) is 24.7. The summed E-state index contributed by atoms with van der Waals surface area (Å²) in [6.45, 7) is 0. The number of hydrogen-bond donors (Lipinski definition) is 0. The molecule has 4 aromatic heterocycles. The fourth-order valence-corrected chi connectivity index (χ4v) is 6.84. The second-order valence-electron chi connectivity index (χ2n) is 9.91. The molecule has 0 bridgehead atoms. The molecular weight excluding hydrogens is 553 g/mol. The van der Waals surface area contributed by atoms with E-state index in [0.29, 0.717) is 0 Å². The lowest BCUT2D eigenvalue weighted by atomic mass is 9.87. The Kier molecular flexibility index (Phi) is 6.13. The Morgan fingerprint density at radius 1 is 0.405 bits per heavy atom. The zero-order chi connectivity index (χ0) is 27.9. The van der Waals surface area contributed by atoms with Crippen LogP contribution in [0.25, 0.3) is 76.6 Å². The predicted molar refractivity (Wildman–Crippen MR) is 176 cm³/mol. The normalized spacial score (nSPS) is 11.3. The van der Waals surface area contributed by atoms with Gasteiger partial charge in [0, 0.05) is 34.3 Å². The van der Waals surface area contributed by atoms with Gasteiger partial charge in [-0.15, -0.1) is 22.7 Å². The molecule has 4 nitrogen and oxygen atoms in total. The van der Waals surface area contributed by atoms with E-state index in [0.717, 1.165) is 71.0 Å². The summed E-state index contributed by atoms with van der Waals surface area (Å²) in [6.07, 6.45) is 3.65. The number of pyridine rings is 2. The molecule has 0 atom stereocenters. The van der Waals surface area contributed by atoms with Gasteiger partial charge in [-0.05, 0) is 63.0 Å². The summed E-state index contributed by atoms with van der Waals surface area (Å²) in [6, 6.07) is 38.3. The Morgan fingerprint density at radius 2 is 0.929 bits per heavy atom. The molecule has 0 unspecified atom stereocenters. The standard InChI is InChI=1S/C36H22N4S2/c1-2-8-23(9-3-1)24-16-17-27-28(22-24)34(30-13-7-15-32(40-30)36-38-19-21-42-36)26-11-5-4-10-25(26)33(27)29-12-6-14-31(39-29)35-37-18-20-41-35/h1-22H. The molecule has 0 aliphatic carbocycles. The minimum atomic E-state index is 0.876. The van der Waals surface area contributed by atoms with Gasteiger partial charge >= 0.3 is 0 Å². The molecule has 8 aromatic rings. The molecule has 0 radical (unpaired) electrons. The van der Waals surface area contributed by atoms with Crippen molar-refractivity contribution in [2.24, 2.45) is 0 Å². The molecule has 0 N–H and O–H groups in total. The molecule has 42 heavy (non-hydrogen) atoms. The molecule has 0 spiro atoms. The van der Waals surface area contributed by atoms with Crippen LogP contribution in [0.4, 0.5) is 0 Å². The predicted octanol–water partition coefficient (Wildman–Crippen LogP) is 10.0. The van der Waals surface area contributed by atoms with Gasteiger partial charge in [0.05, 0.1) is 22.8 Å². The van der Waals surface area contributed by atoms with Crippen molar-refractivity contribution in [2.75, 3.05) is 0 Å². The lowest BCUT2D eigenvalue weighted by molar-refractivity contribution is 1.29. The van der Waals surface area contributed by atoms with Gasteiger partial charge in [-0.2, -0.15) is 0 Å². The molecule has 6 heteroatoms. The summed E-state index contributed by atoms with van der Waals surface area (Å²) in [7, 11) is 0. The van der Waals surface area contributed by atoms with Crippen LogP contribution in [0.3, 0.4) is 0 Å². The van der Waals surface area contributed by atoms with E-state index in [1.165, 1.54) is 5.56 Å². The SMILES string of the molecule is c1ccc(-c2ccc3c(-c4cccc(-c5nccs5)n4)c4ccccc4c(-c4cccc(-c5nccs5)n4)c3c2)cc1. The summed E-state index contributed by atoms with van der Waals surface area (Å²) in [5.74, 6) is 0. The topological polar surface area (TPSA) is 51.6 Å². The number of hydrogen-bond acceptors (Lipinski definition) is 6. The molecule has 0 aliphatic heterocycles. The highest BCUT2D eigenvalue weighted by Gasteiger charge is 2.20. The number of nitrogens with zero attached hydrogens (tertiary/aromatic N) is 4. The van der Waals surface area contributed by atoms with Crippen LogP contribution in [0, 0.1) is 0 Å². The zero-order valence-corrected chi connectivity index (χ0v) is 23.9. The van der Waals surface area contributed by atoms with Crippen molar-refractivity contribution in [2.45, 2.75) is 0 Å². The van der Waals surface area contributed by atoms with E-state index in [-0.39, 0.29) is 0 Å². The van der Waals surface area contributed by atoms with Gasteiger partial charge in [-0.3, -0.25) is 0 Å². The van der Waals surface area contributed by atoms with Crippen molar-refractivity contribution in [1.29, 1.82) is 0 Å². The van der Waals surface area contributed by atoms with E-state index in [1.54, 1.807) is 22.7 Å². The van der Waals surface area contributed by atoms with E-state index >= 15 is 0 Å². The zero-order valence-electron chi connectivity index (χ0n) is 22.3. The molecule has 4 heterocycles. The third-order valence-electron chi connectivity index (χ3n) is 7.44. The second kappa shape index (κ2) is 10.4. The van der Waals surface area contributed by atoms with Crippen molar-refractivity contribution in [1.82, 2.24) is 19.9 Å². The number of benzene rings is 4. The maximum atomic E-state index is 5.16. The average molecular weight is 575 g/mol. The van der Waals surface area contributed by atoms with Crippen LogP contribution in [0.5, 0.6) is 0 Å². The smallest absolute Gasteiger partial charge is 0.141 e. The molecular formula is C36H22N4S2. The molecule has 0 aliphatic rings. The van der Waals surface area contributed by atoms with Gasteiger partial charge in [0.25, 0.3) is 0 Å². The Morgan fingerprint density at radius 3 is 1.50 bits per heavy atom. The van der Waals surface area contributed by atoms with E-state index in [1.807, 2.05) is 35.3 Å². The van der Waals surface area contributed by atoms with Gasteiger partial charge in [-0.25, -0.2) is 19.9 Å². The molecule has 198 valence electrons. The lowest BCUT2D eigenvalue weighted by Crippen LogP contribution is -1.95. The van der Waals surface area contributed by atoms with Gasteiger partial charge in [0.2, 0.25) is 0 Å². The first-order valence-corrected chi connectivity index (χ1v) is 15.4. The monoisotopic (exact) mass is 574 g/mol. The van der Waals surface area contributed by atoms with Crippen LogP contribution in [-0.2, 0) is 0 Å². The lowest BCUT2D eigenvalue weighted by Gasteiger charge is -2.18. The highest BCUT2D eigenvalue weighted by atomic mass is 32.1. The van der Waals surface area contributed by atoms with Crippen LogP contribution in [0.1, 0.15) is 0 Å². The van der Waals surface area contributed by atoms with Crippen LogP contribution in [0.2, 0.25) is 0 Å². The Balaban J connectivity index is 1.47. The van der Waals surface area contributed by atoms with Crippen molar-refractivity contribution >= 4 is 44.2 Å². The number of rotatable bonds is 5. The maximum Gasteiger partial charge on any atom is 0.141 e. The minimum Gasteiger partial charge on any atom is -0.245 e. The number of aromatic nitrogens is 4. The molecule has 0 saturated carbocycles. The molecule has 8 rings (SSSR count). The minimum absolute atomic E-state index is 0.876. The number of thiazole rings is 2. The van der Waals surface area contributed by atoms with Crippen LogP contribution < -0.4 is 0 Å². The Hall–Kier alpha value is -5.04. The first-order valence-electron chi connectivity index (χ1n) is 13.6. The average Bonchev–Trinajstić information content (AvgIpc) is 3.80. The van der Waals surface area contributed by atoms with Crippen LogP contribution >= 0.6 is 22.7 Å². The second-order valence-corrected chi connectivity index (χ2v) is 11.7. The third-order valence-corrected chi connectivity index (χ3v) is 9.04. The van der Waals surface area contributed by atoms with Crippen LogP contribution in [-0.4, -0.2) is 19.9 Å². The van der Waals surface area contributed by atoms with E-state index in [4.69, 9.17) is 9.97 Å². The molecule has 0 saturated heterocycles. The summed E-state index contributed by atoms with van der Waals surface area (Å²) in [5, 5.41) is 10.3. The van der Waals surface area contributed by atoms with E-state index < -0.39 is 0 Å². The van der Waals surface area contributed by atoms with Crippen molar-refractivity contribution in [3.63, 3.8) is 0 Å². The summed E-state index contributed by atoms with van der Waals surface area (Å²) >= 11 is 3.20. The van der Waals surface area contributed by atoms with Crippen molar-refractivity contribution in [3.05, 3.63) is 132 Å². The largest absolute Gasteiger partial charge is 0.245 e. The quantitative estimate of drug-likeness (QED) is 0.192. The fourth-order valence-electron chi connectivity index (χ4n) is 5.63. The number of fused-ring (bicyclic) bond motifs is 2. The summed E-state index contributed by atoms with van der Waals surface area (Å²) < 4.78 is 0. The van der Waals surface area contributed by atoms with Crippen LogP contribution in [0.15, 0.2) is 132 Å². The maximum absolute atomic E-state index is 5.16.